The molecule has 4 aromatic rings. The summed E-state index contributed by atoms with van der Waals surface area (Å²) < 4.78 is 14.0. The first-order chi connectivity index (χ1) is 16.0. The van der Waals surface area contributed by atoms with Crippen LogP contribution in [0.1, 0.15) is 27.2 Å². The van der Waals surface area contributed by atoms with Crippen molar-refractivity contribution in [1.82, 2.24) is 9.99 Å². The van der Waals surface area contributed by atoms with Crippen molar-refractivity contribution in [2.24, 2.45) is 5.10 Å². The minimum Gasteiger partial charge on any atom is -0.497 e. The van der Waals surface area contributed by atoms with Gasteiger partial charge in [-0.1, -0.05) is 30.3 Å². The van der Waals surface area contributed by atoms with E-state index in [1.165, 1.54) is 9.13 Å². The molecule has 3 aromatic carbocycles. The zero-order chi connectivity index (χ0) is 23.4. The van der Waals surface area contributed by atoms with Gasteiger partial charge in [-0.2, -0.15) is 5.10 Å². The van der Waals surface area contributed by atoms with E-state index in [1.807, 2.05) is 12.1 Å². The van der Waals surface area contributed by atoms with Gasteiger partial charge >= 0.3 is 0 Å². The van der Waals surface area contributed by atoms with Crippen LogP contribution in [0.3, 0.4) is 0 Å². The van der Waals surface area contributed by atoms with Gasteiger partial charge in [0.1, 0.15) is 11.5 Å². The molecule has 1 N–H and O–H groups in total. The van der Waals surface area contributed by atoms with Crippen LogP contribution in [0.15, 0.2) is 71.8 Å². The van der Waals surface area contributed by atoms with Gasteiger partial charge in [-0.3, -0.25) is 4.79 Å². The molecule has 0 bridgehead atoms. The lowest BCUT2D eigenvalue weighted by atomic mass is 10.1. The Hall–Kier alpha value is -3.33. The number of hydrogen-bond donors (Lipinski definition) is 1. The van der Waals surface area contributed by atoms with Crippen LogP contribution in [0.25, 0.3) is 10.9 Å². The van der Waals surface area contributed by atoms with E-state index in [9.17, 15) is 4.79 Å². The maximum Gasteiger partial charge on any atom is 0.271 e. The monoisotopic (exact) mass is 553 g/mol. The minimum absolute atomic E-state index is 0.344. The number of carbonyl (C=O) groups excluding carboxylic acids is 1. The number of carbonyl (C=O) groups is 1. The highest BCUT2D eigenvalue weighted by atomic mass is 127. The lowest BCUT2D eigenvalue weighted by Gasteiger charge is -2.09. The molecular formula is C26H24IN3O3. The van der Waals surface area contributed by atoms with E-state index in [0.29, 0.717) is 17.1 Å². The van der Waals surface area contributed by atoms with E-state index < -0.39 is 0 Å². The topological polar surface area (TPSA) is 64.8 Å². The van der Waals surface area contributed by atoms with Crippen LogP contribution in [-0.2, 0) is 6.54 Å². The first kappa shape index (κ1) is 22.8. The highest BCUT2D eigenvalue weighted by molar-refractivity contribution is 14.1. The lowest BCUT2D eigenvalue weighted by molar-refractivity contribution is 0.0954. The Balaban J connectivity index is 1.60. The Kier molecular flexibility index (Phi) is 6.98. The van der Waals surface area contributed by atoms with Gasteiger partial charge in [0.25, 0.3) is 5.91 Å². The predicted octanol–water partition coefficient (Wildman–Crippen LogP) is 5.38. The van der Waals surface area contributed by atoms with Gasteiger partial charge in [0, 0.05) is 43.9 Å². The largest absolute Gasteiger partial charge is 0.497 e. The quantitative estimate of drug-likeness (QED) is 0.190. The van der Waals surface area contributed by atoms with Crippen molar-refractivity contribution in [3.8, 4) is 11.5 Å². The van der Waals surface area contributed by atoms with Gasteiger partial charge < -0.3 is 14.0 Å². The van der Waals surface area contributed by atoms with Gasteiger partial charge in [0.05, 0.1) is 20.4 Å². The van der Waals surface area contributed by atoms with Crippen LogP contribution in [0.4, 0.5) is 0 Å². The molecule has 0 saturated carbocycles. The molecule has 4 rings (SSSR count). The highest BCUT2D eigenvalue weighted by Crippen LogP contribution is 2.26. The number of benzene rings is 3. The third-order valence-corrected chi connectivity index (χ3v) is 6.23. The Bertz CT molecular complexity index is 1300. The number of methoxy groups -OCH3 is 2. The first-order valence-electron chi connectivity index (χ1n) is 10.4. The van der Waals surface area contributed by atoms with Gasteiger partial charge in [-0.15, -0.1) is 0 Å². The number of nitrogens with one attached hydrogen (secondary N) is 1. The Morgan fingerprint density at radius 1 is 1.03 bits per heavy atom. The number of nitrogens with zero attached hydrogens (tertiary/aromatic N) is 2. The second-order valence-electron chi connectivity index (χ2n) is 7.53. The maximum absolute atomic E-state index is 12.7. The Morgan fingerprint density at radius 2 is 1.70 bits per heavy atom. The molecule has 0 fully saturated rings. The predicted molar refractivity (Wildman–Crippen MR) is 140 cm³/mol. The Morgan fingerprint density at radius 3 is 2.36 bits per heavy atom. The van der Waals surface area contributed by atoms with Gasteiger partial charge in [0.15, 0.2) is 0 Å². The number of rotatable bonds is 7. The number of amides is 1. The molecular weight excluding hydrogens is 529 g/mol. The Labute approximate surface area is 206 Å². The number of hydrazone groups is 1. The number of ether oxygens (including phenoxy) is 2. The van der Waals surface area contributed by atoms with E-state index in [0.717, 1.165) is 28.7 Å². The summed E-state index contributed by atoms with van der Waals surface area (Å²) in [6.07, 6.45) is 1.71. The molecule has 1 aromatic heterocycles. The minimum atomic E-state index is -0.344. The molecule has 168 valence electrons. The molecule has 0 unspecified atom stereocenters. The van der Waals surface area contributed by atoms with Gasteiger partial charge in [-0.25, -0.2) is 5.43 Å². The van der Waals surface area contributed by atoms with Crippen LogP contribution < -0.4 is 14.9 Å². The fraction of sp³-hybridized carbons (Fsp3) is 0.154. The molecule has 1 amide bonds. The summed E-state index contributed by atoms with van der Waals surface area (Å²) in [7, 11) is 3.09. The summed E-state index contributed by atoms with van der Waals surface area (Å²) in [5.41, 5.74) is 7.42. The fourth-order valence-electron chi connectivity index (χ4n) is 3.76. The smallest absolute Gasteiger partial charge is 0.271 e. The fourth-order valence-corrected chi connectivity index (χ4v) is 4.11. The SMILES string of the molecule is COc1cc(OC)cc(C(=O)N/N=C\c2c(C)n(Cc3ccc(I)cc3)c3ccccc23)c1. The second kappa shape index (κ2) is 10.1. The van der Waals surface area contributed by atoms with E-state index in [4.69, 9.17) is 9.47 Å². The molecule has 0 atom stereocenters. The summed E-state index contributed by atoms with van der Waals surface area (Å²) in [6.45, 7) is 2.83. The molecule has 6 nitrogen and oxygen atoms in total. The van der Waals surface area contributed by atoms with Crippen LogP contribution in [-0.4, -0.2) is 30.9 Å². The maximum atomic E-state index is 12.7. The molecule has 0 radical (unpaired) electrons. The number of aromatic nitrogens is 1. The zero-order valence-electron chi connectivity index (χ0n) is 18.6. The second-order valence-corrected chi connectivity index (χ2v) is 8.77. The standard InChI is InChI=1S/C26H24IN3O3/c1-17-24(15-28-29-26(31)19-12-21(32-2)14-22(13-19)33-3)23-6-4-5-7-25(23)30(17)16-18-8-10-20(27)11-9-18/h4-15H,16H2,1-3H3,(H,29,31)/b28-15-. The van der Waals surface area contributed by atoms with Crippen molar-refractivity contribution in [2.75, 3.05) is 14.2 Å². The van der Waals surface area contributed by atoms with Crippen molar-refractivity contribution < 1.29 is 14.3 Å². The number of hydrogen-bond acceptors (Lipinski definition) is 4. The summed E-state index contributed by atoms with van der Waals surface area (Å²) >= 11 is 2.31. The normalized spacial score (nSPS) is 11.2. The number of para-hydroxylation sites is 1. The van der Waals surface area contributed by atoms with Crippen molar-refractivity contribution in [3.05, 3.63) is 92.7 Å². The van der Waals surface area contributed by atoms with E-state index >= 15 is 0 Å². The molecule has 7 heteroatoms. The third-order valence-electron chi connectivity index (χ3n) is 5.51. The van der Waals surface area contributed by atoms with Crippen molar-refractivity contribution in [3.63, 3.8) is 0 Å². The van der Waals surface area contributed by atoms with Crippen LogP contribution >= 0.6 is 22.6 Å². The molecule has 1 heterocycles. The van der Waals surface area contributed by atoms with Gasteiger partial charge in [0.2, 0.25) is 0 Å². The lowest BCUT2D eigenvalue weighted by Crippen LogP contribution is -2.17. The van der Waals surface area contributed by atoms with Crippen LogP contribution in [0.5, 0.6) is 11.5 Å². The zero-order valence-corrected chi connectivity index (χ0v) is 20.8. The van der Waals surface area contributed by atoms with E-state index in [2.05, 4.69) is 81.0 Å². The highest BCUT2D eigenvalue weighted by Gasteiger charge is 2.13. The van der Waals surface area contributed by atoms with Crippen LogP contribution in [0.2, 0.25) is 0 Å². The molecule has 0 aliphatic carbocycles. The average Bonchev–Trinajstić information content (AvgIpc) is 3.10. The average molecular weight is 553 g/mol. The van der Waals surface area contributed by atoms with Crippen molar-refractivity contribution >= 4 is 45.6 Å². The molecule has 0 saturated heterocycles. The van der Waals surface area contributed by atoms with E-state index in [1.54, 1.807) is 38.6 Å². The summed E-state index contributed by atoms with van der Waals surface area (Å²) in [6, 6.07) is 21.7. The molecule has 0 aliphatic heterocycles. The van der Waals surface area contributed by atoms with E-state index in [-0.39, 0.29) is 5.91 Å². The molecule has 0 spiro atoms. The summed E-state index contributed by atoms with van der Waals surface area (Å²) in [5, 5.41) is 5.34. The van der Waals surface area contributed by atoms with Gasteiger partial charge in [-0.05, 0) is 65.4 Å². The van der Waals surface area contributed by atoms with Crippen molar-refractivity contribution in [1.29, 1.82) is 0 Å². The first-order valence-corrected chi connectivity index (χ1v) is 11.5. The van der Waals surface area contributed by atoms with Crippen molar-refractivity contribution in [2.45, 2.75) is 13.5 Å². The summed E-state index contributed by atoms with van der Waals surface area (Å²) in [5.74, 6) is 0.736. The number of fused-ring (bicyclic) bond motifs is 1. The van der Waals surface area contributed by atoms with Crippen LogP contribution in [0, 0.1) is 10.5 Å². The molecule has 0 aliphatic rings. The summed E-state index contributed by atoms with van der Waals surface area (Å²) in [4.78, 5) is 12.7. The third kappa shape index (κ3) is 5.03. The molecule has 33 heavy (non-hydrogen) atoms. The number of halogens is 1.